The maximum absolute atomic E-state index is 5.88. The lowest BCUT2D eigenvalue weighted by atomic mass is 10.0. The van der Waals surface area contributed by atoms with E-state index in [0.717, 1.165) is 26.1 Å². The van der Waals surface area contributed by atoms with Gasteiger partial charge in [0, 0.05) is 25.5 Å². The van der Waals surface area contributed by atoms with E-state index in [-0.39, 0.29) is 0 Å². The van der Waals surface area contributed by atoms with E-state index in [1.165, 1.54) is 11.1 Å². The molecule has 3 rings (SSSR count). The molecule has 1 aliphatic rings. The van der Waals surface area contributed by atoms with Crippen LogP contribution < -0.4 is 0 Å². The Morgan fingerprint density at radius 1 is 1.14 bits per heavy atom. The summed E-state index contributed by atoms with van der Waals surface area (Å²) in [6.07, 6.45) is 5.10. The average molecular weight is 282 g/mol. The molecule has 0 radical (unpaired) electrons. The van der Waals surface area contributed by atoms with Crippen LogP contribution in [0.25, 0.3) is 0 Å². The summed E-state index contributed by atoms with van der Waals surface area (Å²) in [5.74, 6) is 0. The molecule has 1 aliphatic heterocycles. The number of benzene rings is 1. The van der Waals surface area contributed by atoms with Crippen molar-refractivity contribution in [2.24, 2.45) is 0 Å². The van der Waals surface area contributed by atoms with Gasteiger partial charge in [-0.25, -0.2) is 0 Å². The highest BCUT2D eigenvalue weighted by atomic mass is 16.5. The molecule has 3 heteroatoms. The van der Waals surface area contributed by atoms with E-state index >= 15 is 0 Å². The quantitative estimate of drug-likeness (QED) is 0.861. The lowest BCUT2D eigenvalue weighted by Crippen LogP contribution is -2.44. The van der Waals surface area contributed by atoms with Crippen molar-refractivity contribution < 1.29 is 4.74 Å². The Bertz CT molecular complexity index is 544. The second kappa shape index (κ2) is 6.83. The minimum Gasteiger partial charge on any atom is -0.375 e. The van der Waals surface area contributed by atoms with Crippen LogP contribution >= 0.6 is 0 Å². The lowest BCUT2D eigenvalue weighted by molar-refractivity contribution is -0.0557. The van der Waals surface area contributed by atoms with E-state index < -0.39 is 0 Å². The first-order valence-corrected chi connectivity index (χ1v) is 7.62. The molecule has 0 amide bonds. The van der Waals surface area contributed by atoms with Crippen LogP contribution in [0.1, 0.15) is 24.1 Å². The topological polar surface area (TPSA) is 25.4 Å². The highest BCUT2D eigenvalue weighted by Crippen LogP contribution is 2.26. The zero-order valence-corrected chi connectivity index (χ0v) is 12.5. The van der Waals surface area contributed by atoms with Crippen molar-refractivity contribution in [2.45, 2.75) is 25.5 Å². The van der Waals surface area contributed by atoms with E-state index in [1.54, 1.807) is 0 Å². The van der Waals surface area contributed by atoms with Crippen LogP contribution in [0.15, 0.2) is 54.9 Å². The normalized spacial score (nSPS) is 23.1. The van der Waals surface area contributed by atoms with Crippen LogP contribution in [0, 0.1) is 0 Å². The summed E-state index contributed by atoms with van der Waals surface area (Å²) >= 11 is 0. The van der Waals surface area contributed by atoms with Crippen molar-refractivity contribution in [2.75, 3.05) is 19.7 Å². The molecule has 1 aromatic heterocycles. The highest BCUT2D eigenvalue weighted by Gasteiger charge is 2.27. The molecule has 0 bridgehead atoms. The Labute approximate surface area is 126 Å². The summed E-state index contributed by atoms with van der Waals surface area (Å²) < 4.78 is 5.88. The van der Waals surface area contributed by atoms with Crippen molar-refractivity contribution in [3.8, 4) is 0 Å². The fourth-order valence-corrected chi connectivity index (χ4v) is 2.92. The summed E-state index contributed by atoms with van der Waals surface area (Å²) in [6.45, 7) is 4.98. The van der Waals surface area contributed by atoms with Gasteiger partial charge in [-0.05, 0) is 36.6 Å². The van der Waals surface area contributed by atoms with Gasteiger partial charge in [-0.2, -0.15) is 0 Å². The van der Waals surface area contributed by atoms with Crippen molar-refractivity contribution in [1.82, 2.24) is 9.88 Å². The summed E-state index contributed by atoms with van der Waals surface area (Å²) in [6, 6.07) is 15.2. The molecule has 1 saturated heterocycles. The van der Waals surface area contributed by atoms with Gasteiger partial charge >= 0.3 is 0 Å². The lowest BCUT2D eigenvalue weighted by Gasteiger charge is -2.39. The van der Waals surface area contributed by atoms with E-state index in [1.807, 2.05) is 12.4 Å². The van der Waals surface area contributed by atoms with Gasteiger partial charge < -0.3 is 4.74 Å². The maximum Gasteiger partial charge on any atom is 0.0675 e. The smallest absolute Gasteiger partial charge is 0.0675 e. The molecule has 0 spiro atoms. The second-order valence-corrected chi connectivity index (χ2v) is 5.67. The van der Waals surface area contributed by atoms with Crippen LogP contribution in [0.2, 0.25) is 0 Å². The van der Waals surface area contributed by atoms with E-state index in [0.29, 0.717) is 12.1 Å². The number of pyridine rings is 1. The first kappa shape index (κ1) is 14.2. The number of hydrogen-bond acceptors (Lipinski definition) is 3. The molecular formula is C18H22N2O. The molecule has 2 aromatic rings. The van der Waals surface area contributed by atoms with Crippen LogP contribution in [0.4, 0.5) is 0 Å². The highest BCUT2D eigenvalue weighted by molar-refractivity contribution is 5.20. The second-order valence-electron chi connectivity index (χ2n) is 5.67. The van der Waals surface area contributed by atoms with Gasteiger partial charge in [0.25, 0.3) is 0 Å². The van der Waals surface area contributed by atoms with Crippen molar-refractivity contribution in [1.29, 1.82) is 0 Å². The van der Waals surface area contributed by atoms with Crippen LogP contribution in [-0.2, 0) is 11.2 Å². The van der Waals surface area contributed by atoms with Gasteiger partial charge in [-0.15, -0.1) is 0 Å². The van der Waals surface area contributed by atoms with Gasteiger partial charge in [0.05, 0.1) is 18.8 Å². The predicted molar refractivity (Wildman–Crippen MR) is 84.1 cm³/mol. The zero-order valence-electron chi connectivity index (χ0n) is 12.5. The number of rotatable bonds is 4. The molecule has 0 aliphatic carbocycles. The van der Waals surface area contributed by atoms with E-state index in [2.05, 4.69) is 59.3 Å². The summed E-state index contributed by atoms with van der Waals surface area (Å²) in [5.41, 5.74) is 2.69. The standard InChI is InChI=1S/C18H22N2O/c1-15-13-20(12-9-16-7-10-19-11-8-16)18(14-21-15)17-5-3-2-4-6-17/h2-8,10-11,15,18H,9,12-14H2,1H3/t15-,18-/m0/s1. The maximum atomic E-state index is 5.88. The molecule has 2 heterocycles. The van der Waals surface area contributed by atoms with Gasteiger partial charge in [0.2, 0.25) is 0 Å². The Balaban J connectivity index is 1.70. The molecular weight excluding hydrogens is 260 g/mol. The molecule has 0 N–H and O–H groups in total. The minimum atomic E-state index is 0.308. The van der Waals surface area contributed by atoms with Gasteiger partial charge in [-0.1, -0.05) is 30.3 Å². The Hall–Kier alpha value is -1.71. The van der Waals surface area contributed by atoms with Crippen molar-refractivity contribution in [3.63, 3.8) is 0 Å². The zero-order chi connectivity index (χ0) is 14.5. The molecule has 1 fully saturated rings. The summed E-state index contributed by atoms with van der Waals surface area (Å²) in [4.78, 5) is 6.63. The van der Waals surface area contributed by atoms with Gasteiger partial charge in [-0.3, -0.25) is 9.88 Å². The van der Waals surface area contributed by atoms with E-state index in [4.69, 9.17) is 4.74 Å². The van der Waals surface area contributed by atoms with Crippen LogP contribution in [-0.4, -0.2) is 35.7 Å². The number of nitrogens with zero attached hydrogens (tertiary/aromatic N) is 2. The van der Waals surface area contributed by atoms with Gasteiger partial charge in [0.1, 0.15) is 0 Å². The fraction of sp³-hybridized carbons (Fsp3) is 0.389. The molecule has 110 valence electrons. The third-order valence-corrected chi connectivity index (χ3v) is 4.09. The SMILES string of the molecule is C[C@H]1CN(CCc2ccncc2)[C@H](c2ccccc2)CO1. The van der Waals surface area contributed by atoms with Crippen LogP contribution in [0.3, 0.4) is 0 Å². The van der Waals surface area contributed by atoms with Crippen molar-refractivity contribution >= 4 is 0 Å². The largest absolute Gasteiger partial charge is 0.375 e. The molecule has 2 atom stereocenters. The third-order valence-electron chi connectivity index (χ3n) is 4.09. The number of ether oxygens (including phenoxy) is 1. The first-order valence-electron chi connectivity index (χ1n) is 7.62. The molecule has 0 saturated carbocycles. The summed E-state index contributed by atoms with van der Waals surface area (Å²) in [7, 11) is 0. The minimum absolute atomic E-state index is 0.308. The summed E-state index contributed by atoms with van der Waals surface area (Å²) in [5, 5.41) is 0. The molecule has 1 aromatic carbocycles. The van der Waals surface area contributed by atoms with Gasteiger partial charge in [0.15, 0.2) is 0 Å². The van der Waals surface area contributed by atoms with Crippen molar-refractivity contribution in [3.05, 3.63) is 66.0 Å². The Morgan fingerprint density at radius 3 is 2.67 bits per heavy atom. The molecule has 3 nitrogen and oxygen atoms in total. The number of aromatic nitrogens is 1. The Kier molecular flexibility index (Phi) is 4.63. The monoisotopic (exact) mass is 282 g/mol. The first-order chi connectivity index (χ1) is 10.3. The predicted octanol–water partition coefficient (Wildman–Crippen LogP) is 3.09. The Morgan fingerprint density at radius 2 is 1.90 bits per heavy atom. The van der Waals surface area contributed by atoms with E-state index in [9.17, 15) is 0 Å². The molecule has 0 unspecified atom stereocenters. The fourth-order valence-electron chi connectivity index (χ4n) is 2.92. The number of hydrogen-bond donors (Lipinski definition) is 0. The molecule has 21 heavy (non-hydrogen) atoms. The van der Waals surface area contributed by atoms with Crippen LogP contribution in [0.5, 0.6) is 0 Å². The average Bonchev–Trinajstić information content (AvgIpc) is 2.55. The third kappa shape index (κ3) is 3.69. The number of morpholine rings is 1.